The number of ketones is 1. The number of para-hydroxylation sites is 2. The number of rotatable bonds is 5. The topological polar surface area (TPSA) is 50.4 Å². The molecule has 178 valence electrons. The summed E-state index contributed by atoms with van der Waals surface area (Å²) in [6.07, 6.45) is 1.30. The highest BCUT2D eigenvalue weighted by molar-refractivity contribution is 6.01. The van der Waals surface area contributed by atoms with Crippen molar-refractivity contribution in [1.29, 1.82) is 0 Å². The van der Waals surface area contributed by atoms with Gasteiger partial charge in [0.25, 0.3) is 0 Å². The zero-order chi connectivity index (χ0) is 24.3. The number of ether oxygens (including phenoxy) is 1. The molecule has 4 aromatic carbocycles. The molecular weight excluding hydrogens is 444 g/mol. The molecule has 0 radical (unpaired) electrons. The third-order valence-electron chi connectivity index (χ3n) is 7.02. The molecule has 2 unspecified atom stereocenters. The number of carbonyl (C=O) groups is 1. The minimum Gasteiger partial charge on any atom is -0.489 e. The van der Waals surface area contributed by atoms with Gasteiger partial charge in [0.2, 0.25) is 0 Å². The van der Waals surface area contributed by atoms with Crippen molar-refractivity contribution < 1.29 is 9.53 Å². The fourth-order valence-electron chi connectivity index (χ4n) is 5.23. The summed E-state index contributed by atoms with van der Waals surface area (Å²) < 4.78 is 6.12. The van der Waals surface area contributed by atoms with E-state index in [0.717, 1.165) is 45.9 Å². The molecule has 2 atom stereocenters. The van der Waals surface area contributed by atoms with Crippen molar-refractivity contribution in [3.8, 4) is 5.75 Å². The van der Waals surface area contributed by atoms with Gasteiger partial charge in [-0.2, -0.15) is 0 Å². The molecule has 0 bridgehead atoms. The van der Waals surface area contributed by atoms with Gasteiger partial charge in [-0.3, -0.25) is 4.79 Å². The second-order valence-electron chi connectivity index (χ2n) is 9.43. The molecule has 6 rings (SSSR count). The fourth-order valence-corrected chi connectivity index (χ4v) is 5.23. The highest BCUT2D eigenvalue weighted by atomic mass is 16.5. The molecule has 0 amide bonds. The van der Waals surface area contributed by atoms with E-state index in [0.29, 0.717) is 13.0 Å². The zero-order valence-corrected chi connectivity index (χ0v) is 20.0. The van der Waals surface area contributed by atoms with Crippen LogP contribution in [0.15, 0.2) is 120 Å². The highest BCUT2D eigenvalue weighted by Gasteiger charge is 2.36. The maximum absolute atomic E-state index is 13.7. The first-order chi connectivity index (χ1) is 17.7. The zero-order valence-electron chi connectivity index (χ0n) is 20.0. The minimum atomic E-state index is -0.263. The van der Waals surface area contributed by atoms with E-state index in [-0.39, 0.29) is 17.7 Å². The Kier molecular flexibility index (Phi) is 6.00. The molecule has 1 heterocycles. The molecule has 2 N–H and O–H groups in total. The van der Waals surface area contributed by atoms with Gasteiger partial charge in [-0.05, 0) is 53.3 Å². The van der Waals surface area contributed by atoms with Crippen molar-refractivity contribution in [2.75, 3.05) is 10.6 Å². The van der Waals surface area contributed by atoms with E-state index in [4.69, 9.17) is 4.74 Å². The Labute approximate surface area is 211 Å². The molecule has 36 heavy (non-hydrogen) atoms. The number of fused-ring (bicyclic) bond motifs is 1. The van der Waals surface area contributed by atoms with E-state index in [1.807, 2.05) is 60.7 Å². The molecule has 1 aliphatic heterocycles. The van der Waals surface area contributed by atoms with Gasteiger partial charge < -0.3 is 15.4 Å². The van der Waals surface area contributed by atoms with E-state index in [1.54, 1.807) is 0 Å². The summed E-state index contributed by atoms with van der Waals surface area (Å²) in [5, 5.41) is 7.28. The third kappa shape index (κ3) is 4.50. The largest absolute Gasteiger partial charge is 0.489 e. The van der Waals surface area contributed by atoms with Gasteiger partial charge >= 0.3 is 0 Å². The highest BCUT2D eigenvalue weighted by Crippen LogP contribution is 2.44. The Morgan fingerprint density at radius 3 is 2.22 bits per heavy atom. The second-order valence-corrected chi connectivity index (χ2v) is 9.43. The fraction of sp³-hybridized carbons (Fsp3) is 0.156. The lowest BCUT2D eigenvalue weighted by Crippen LogP contribution is -2.26. The number of nitrogens with one attached hydrogen (secondary N) is 2. The molecular formula is C32H28N2O2. The predicted octanol–water partition coefficient (Wildman–Crippen LogP) is 7.25. The maximum atomic E-state index is 13.7. The number of benzene rings is 4. The van der Waals surface area contributed by atoms with Crippen LogP contribution < -0.4 is 15.4 Å². The van der Waals surface area contributed by atoms with Crippen LogP contribution in [0.1, 0.15) is 41.5 Å². The SMILES string of the molecule is O=C1CC(c2ccccc2)CC2=C1C(c1cccc(OCc3ccccc3)c1)Nc1ccccc1N2. The molecule has 4 heteroatoms. The molecule has 0 spiro atoms. The van der Waals surface area contributed by atoms with Crippen LogP contribution in [0.2, 0.25) is 0 Å². The van der Waals surface area contributed by atoms with Crippen LogP contribution in [0.5, 0.6) is 5.75 Å². The molecule has 0 saturated carbocycles. The van der Waals surface area contributed by atoms with Gasteiger partial charge in [-0.1, -0.05) is 84.9 Å². The maximum Gasteiger partial charge on any atom is 0.163 e. The average molecular weight is 473 g/mol. The lowest BCUT2D eigenvalue weighted by atomic mass is 9.78. The number of anilines is 2. The quantitative estimate of drug-likeness (QED) is 0.321. The Morgan fingerprint density at radius 2 is 1.42 bits per heavy atom. The third-order valence-corrected chi connectivity index (χ3v) is 7.02. The Hall–Kier alpha value is -4.31. The summed E-state index contributed by atoms with van der Waals surface area (Å²) >= 11 is 0. The van der Waals surface area contributed by atoms with Gasteiger partial charge in [0.05, 0.1) is 17.4 Å². The molecule has 4 aromatic rings. The first-order valence-electron chi connectivity index (χ1n) is 12.4. The number of allylic oxidation sites excluding steroid dienone is 1. The lowest BCUT2D eigenvalue weighted by molar-refractivity contribution is -0.116. The van der Waals surface area contributed by atoms with Crippen molar-refractivity contribution in [1.82, 2.24) is 0 Å². The summed E-state index contributed by atoms with van der Waals surface area (Å²) in [6, 6.07) is 36.5. The monoisotopic (exact) mass is 472 g/mol. The van der Waals surface area contributed by atoms with Crippen LogP contribution in [0, 0.1) is 0 Å². The van der Waals surface area contributed by atoms with Gasteiger partial charge in [-0.15, -0.1) is 0 Å². The molecule has 0 aromatic heterocycles. The molecule has 2 aliphatic rings. The normalized spacial score (nSPS) is 18.8. The Bertz CT molecular complexity index is 1410. The van der Waals surface area contributed by atoms with Crippen LogP contribution >= 0.6 is 0 Å². The van der Waals surface area contributed by atoms with Gasteiger partial charge in [-0.25, -0.2) is 0 Å². The molecule has 0 fully saturated rings. The van der Waals surface area contributed by atoms with Crippen LogP contribution in [0.3, 0.4) is 0 Å². The van der Waals surface area contributed by atoms with E-state index in [1.165, 1.54) is 5.56 Å². The van der Waals surface area contributed by atoms with E-state index in [9.17, 15) is 4.79 Å². The van der Waals surface area contributed by atoms with Crippen molar-refractivity contribution in [2.24, 2.45) is 0 Å². The molecule has 1 aliphatic carbocycles. The molecule has 0 saturated heterocycles. The summed E-state index contributed by atoms with van der Waals surface area (Å²) in [5.41, 5.74) is 7.13. The van der Waals surface area contributed by atoms with Crippen molar-refractivity contribution in [2.45, 2.75) is 31.4 Å². The molecule has 4 nitrogen and oxygen atoms in total. The Morgan fingerprint density at radius 1 is 0.722 bits per heavy atom. The standard InChI is InChI=1S/C32H28N2O2/c35-30-20-25(23-12-5-2-6-13-23)19-29-31(30)32(34-28-17-8-7-16-27(28)33-29)24-14-9-15-26(18-24)36-21-22-10-3-1-4-11-22/h1-18,25,32-34H,19-21H2. The van der Waals surface area contributed by atoms with E-state index in [2.05, 4.69) is 59.2 Å². The van der Waals surface area contributed by atoms with Gasteiger partial charge in [0, 0.05) is 17.7 Å². The average Bonchev–Trinajstić information content (AvgIpc) is 3.10. The number of carbonyl (C=O) groups excluding carboxylic acids is 1. The summed E-state index contributed by atoms with van der Waals surface area (Å²) in [5.74, 6) is 1.13. The van der Waals surface area contributed by atoms with Crippen LogP contribution in [0.25, 0.3) is 0 Å². The lowest BCUT2D eigenvalue weighted by Gasteiger charge is -2.30. The van der Waals surface area contributed by atoms with Gasteiger partial charge in [0.15, 0.2) is 5.78 Å². The van der Waals surface area contributed by atoms with Crippen LogP contribution in [-0.4, -0.2) is 5.78 Å². The van der Waals surface area contributed by atoms with Crippen molar-refractivity contribution >= 4 is 17.2 Å². The smallest absolute Gasteiger partial charge is 0.163 e. The van der Waals surface area contributed by atoms with Crippen molar-refractivity contribution in [3.05, 3.63) is 137 Å². The predicted molar refractivity (Wildman–Crippen MR) is 144 cm³/mol. The summed E-state index contributed by atoms with van der Waals surface area (Å²) in [7, 11) is 0. The van der Waals surface area contributed by atoms with Crippen LogP contribution in [-0.2, 0) is 11.4 Å². The first kappa shape index (κ1) is 22.2. The van der Waals surface area contributed by atoms with Gasteiger partial charge in [0.1, 0.15) is 12.4 Å². The minimum absolute atomic E-state index is 0.163. The van der Waals surface area contributed by atoms with Crippen molar-refractivity contribution in [3.63, 3.8) is 0 Å². The van der Waals surface area contributed by atoms with E-state index < -0.39 is 0 Å². The summed E-state index contributed by atoms with van der Waals surface area (Å²) in [4.78, 5) is 13.7. The number of Topliss-reactive ketones (excluding diaryl/α,β-unsaturated/α-hetero) is 1. The van der Waals surface area contributed by atoms with E-state index >= 15 is 0 Å². The number of hydrogen-bond donors (Lipinski definition) is 2. The number of hydrogen-bond acceptors (Lipinski definition) is 4. The Balaban J connectivity index is 1.36. The first-order valence-corrected chi connectivity index (χ1v) is 12.4. The summed E-state index contributed by atoms with van der Waals surface area (Å²) in [6.45, 7) is 0.498. The van der Waals surface area contributed by atoms with Crippen LogP contribution in [0.4, 0.5) is 11.4 Å². The second kappa shape index (κ2) is 9.74.